The van der Waals surface area contributed by atoms with Crippen LogP contribution < -0.4 is 0 Å². The van der Waals surface area contributed by atoms with Crippen molar-refractivity contribution < 1.29 is 39.3 Å². The van der Waals surface area contributed by atoms with Gasteiger partial charge in [0.1, 0.15) is 11.6 Å². The smallest absolute Gasteiger partial charge is 0.443 e. The molecule has 1 N–H and O–H groups in total. The molecule has 0 aliphatic heterocycles. The van der Waals surface area contributed by atoms with Crippen LogP contribution in [0.3, 0.4) is 0 Å². The summed E-state index contributed by atoms with van der Waals surface area (Å²) in [4.78, 5) is 14.9. The third-order valence-electron chi connectivity index (χ3n) is 14.4. The molecule has 7 aromatic carbocycles. The van der Waals surface area contributed by atoms with Crippen LogP contribution >= 0.6 is 11.3 Å². The molecule has 0 amide bonds. The zero-order valence-electron chi connectivity index (χ0n) is 46.2. The van der Waals surface area contributed by atoms with Gasteiger partial charge in [-0.05, 0) is 103 Å². The van der Waals surface area contributed by atoms with E-state index < -0.39 is 22.0 Å². The van der Waals surface area contributed by atoms with Crippen LogP contribution in [-0.2, 0) is 48.9 Å². The zero-order chi connectivity index (χ0) is 55.0. The van der Waals surface area contributed by atoms with E-state index in [0.717, 1.165) is 83.7 Å². The number of para-hydroxylation sites is 1. The van der Waals surface area contributed by atoms with Gasteiger partial charge in [0.25, 0.3) is 0 Å². The summed E-state index contributed by atoms with van der Waals surface area (Å²) in [6.07, 6.45) is -1.40. The predicted octanol–water partition coefficient (Wildman–Crippen LogP) is 19.3. The van der Waals surface area contributed by atoms with Gasteiger partial charge in [-0.1, -0.05) is 203 Å². The Balaban J connectivity index is 0.00000740. The molecule has 0 radical (unpaired) electrons. The summed E-state index contributed by atoms with van der Waals surface area (Å²) in [5.41, 5.74) is 15.5. The normalized spacial score (nSPS) is 12.5. The number of alkyl halides is 3. The predicted molar refractivity (Wildman–Crippen MR) is 313 cm³/mol. The minimum absolute atomic E-state index is 0. The van der Waals surface area contributed by atoms with E-state index in [9.17, 15) is 18.3 Å². The Morgan fingerprint density at radius 2 is 1.14 bits per heavy atom. The Hall–Kier alpha value is -6.93. The first-order valence-electron chi connectivity index (χ1n) is 26.1. The van der Waals surface area contributed by atoms with E-state index in [0.29, 0.717) is 38.7 Å². The Morgan fingerprint density at radius 1 is 0.500 bits per heavy atom. The Bertz CT molecular complexity index is 3850. The van der Waals surface area contributed by atoms with Crippen molar-refractivity contribution in [2.75, 3.05) is 0 Å². The van der Waals surface area contributed by atoms with Crippen molar-refractivity contribution in [3.8, 4) is 89.0 Å². The molecule has 0 spiro atoms. The van der Waals surface area contributed by atoms with Crippen molar-refractivity contribution in [2.45, 2.75) is 111 Å². The first-order valence-corrected chi connectivity index (χ1v) is 26.9. The molecule has 10 rings (SSSR count). The minimum Gasteiger partial charge on any atom is -0.507 e. The molecular formula is C68H64F3N4OPtS-. The summed E-state index contributed by atoms with van der Waals surface area (Å²) in [5.74, 6) is 0.778. The molecule has 0 saturated carbocycles. The van der Waals surface area contributed by atoms with Gasteiger partial charge in [-0.2, -0.15) is 13.2 Å². The maximum atomic E-state index is 13.8. The number of aromatic nitrogens is 4. The molecule has 0 aliphatic rings. The van der Waals surface area contributed by atoms with Crippen molar-refractivity contribution in [1.29, 1.82) is 0 Å². The second kappa shape index (κ2) is 20.7. The number of pyridine rings is 1. The average molecular weight is 1240 g/mol. The summed E-state index contributed by atoms with van der Waals surface area (Å²) in [6.45, 7) is 26.0. The molecular weight excluding hydrogens is 1170 g/mol. The number of rotatable bonds is 8. The first kappa shape index (κ1) is 55.8. The molecule has 0 aliphatic carbocycles. The maximum Gasteiger partial charge on any atom is 0.443 e. The Labute approximate surface area is 475 Å². The number of imidazole rings is 1. The van der Waals surface area contributed by atoms with Gasteiger partial charge in [-0.25, -0.2) is 9.97 Å². The van der Waals surface area contributed by atoms with Gasteiger partial charge in [-0.3, -0.25) is 9.55 Å². The molecule has 0 unspecified atom stereocenters. The molecule has 5 nitrogen and oxygen atoms in total. The summed E-state index contributed by atoms with van der Waals surface area (Å²) in [5, 5.41) is 11.8. The van der Waals surface area contributed by atoms with E-state index in [1.54, 1.807) is 0 Å². The summed E-state index contributed by atoms with van der Waals surface area (Å²) < 4.78 is 43.7. The van der Waals surface area contributed by atoms with Crippen LogP contribution in [0.15, 0.2) is 164 Å². The molecule has 0 fully saturated rings. The SMILES string of the molecule is CC(C)(C)c1ccc(-n2c(-c3cc(C(C)(C)C)cc(C(C)(C)C)c3O)nc3c(-c4[c-]c(-c5cc(-c6ccccc6)ccn5)cc(-c5ccc(-c6cnc(C(F)(F)F)s6)cc5C(C)(C)C)c4)cccc32)c(-c2ccccc2)c1.[Pt]. The van der Waals surface area contributed by atoms with E-state index in [2.05, 4.69) is 202 Å². The van der Waals surface area contributed by atoms with Crippen LogP contribution in [0.25, 0.3) is 94.3 Å². The van der Waals surface area contributed by atoms with Crippen molar-refractivity contribution in [2.24, 2.45) is 0 Å². The summed E-state index contributed by atoms with van der Waals surface area (Å²) in [6, 6.07) is 55.9. The molecule has 0 saturated heterocycles. The Kier molecular flexibility index (Phi) is 14.8. The number of phenols is 1. The van der Waals surface area contributed by atoms with Gasteiger partial charge >= 0.3 is 6.18 Å². The number of nitrogens with zero attached hydrogens (tertiary/aromatic N) is 4. The molecule has 3 heterocycles. The molecule has 0 bridgehead atoms. The van der Waals surface area contributed by atoms with E-state index >= 15 is 0 Å². The third kappa shape index (κ3) is 11.1. The van der Waals surface area contributed by atoms with Gasteiger partial charge in [0, 0.05) is 50.3 Å². The van der Waals surface area contributed by atoms with Gasteiger partial charge in [0.15, 0.2) is 5.01 Å². The topological polar surface area (TPSA) is 63.8 Å². The van der Waals surface area contributed by atoms with Crippen LogP contribution in [-0.4, -0.2) is 24.6 Å². The quantitative estimate of drug-likeness (QED) is 0.154. The number of halogens is 3. The van der Waals surface area contributed by atoms with Crippen LogP contribution in [0.4, 0.5) is 13.2 Å². The second-order valence-corrected chi connectivity index (χ2v) is 25.3. The summed E-state index contributed by atoms with van der Waals surface area (Å²) >= 11 is 0.645. The van der Waals surface area contributed by atoms with E-state index in [4.69, 9.17) is 9.97 Å². The maximum absolute atomic E-state index is 13.8. The number of thiazole rings is 1. The first-order chi connectivity index (χ1) is 36.2. The fourth-order valence-electron chi connectivity index (χ4n) is 10.1. The fourth-order valence-corrected chi connectivity index (χ4v) is 10.9. The van der Waals surface area contributed by atoms with Gasteiger partial charge < -0.3 is 5.11 Å². The van der Waals surface area contributed by atoms with Crippen LogP contribution in [0.5, 0.6) is 5.75 Å². The minimum atomic E-state index is -4.54. The van der Waals surface area contributed by atoms with E-state index in [1.165, 1.54) is 11.8 Å². The van der Waals surface area contributed by atoms with Gasteiger partial charge in [-0.15, -0.1) is 35.1 Å². The molecule has 10 heteroatoms. The Morgan fingerprint density at radius 3 is 1.77 bits per heavy atom. The van der Waals surface area contributed by atoms with Crippen molar-refractivity contribution in [3.05, 3.63) is 197 Å². The molecule has 78 heavy (non-hydrogen) atoms. The van der Waals surface area contributed by atoms with Crippen molar-refractivity contribution >= 4 is 22.4 Å². The standard InChI is InChI=1S/C68H64F3N4OS.Pt/c1-64(2,3)48-27-29-57(52(37-48)42-22-17-14-18-23-42)75-58-25-19-24-51(60(58)74-62(75)53-38-49(65(4,5)6)39-55(61(53)76)67(10,11)12)46-32-45(33-47(34-46)56-36-43(30-31-72-56)41-20-15-13-16-21-41)50-28-26-44(35-54(50)66(7,8)9)59-40-73-63(77-59)68(69,70)71;/h13-33,35-40,76H,1-12H3;/q-1;. The number of hydrogen-bond donors (Lipinski definition) is 1. The third-order valence-corrected chi connectivity index (χ3v) is 15.5. The zero-order valence-corrected chi connectivity index (χ0v) is 49.3. The second-order valence-electron chi connectivity index (χ2n) is 24.2. The van der Waals surface area contributed by atoms with Crippen LogP contribution in [0, 0.1) is 6.07 Å². The molecule has 3 aromatic heterocycles. The molecule has 10 aromatic rings. The molecule has 400 valence electrons. The molecule has 0 atom stereocenters. The number of fused-ring (bicyclic) bond motifs is 1. The largest absolute Gasteiger partial charge is 0.507 e. The van der Waals surface area contributed by atoms with E-state index in [1.807, 2.05) is 54.7 Å². The summed E-state index contributed by atoms with van der Waals surface area (Å²) in [7, 11) is 0. The number of hydrogen-bond acceptors (Lipinski definition) is 5. The van der Waals surface area contributed by atoms with E-state index in [-0.39, 0.29) is 37.6 Å². The average Bonchev–Trinajstić information content (AvgIpc) is 4.17. The fraction of sp³-hybridized carbons (Fsp3) is 0.250. The van der Waals surface area contributed by atoms with Crippen molar-refractivity contribution in [1.82, 2.24) is 19.5 Å². The number of phenolic OH excluding ortho intramolecular Hbond substituents is 1. The van der Waals surface area contributed by atoms with Crippen LogP contribution in [0.1, 0.15) is 110 Å². The monoisotopic (exact) mass is 1240 g/mol. The number of benzene rings is 7. The van der Waals surface area contributed by atoms with Gasteiger partial charge in [0.2, 0.25) is 0 Å². The van der Waals surface area contributed by atoms with Crippen molar-refractivity contribution in [3.63, 3.8) is 0 Å². The van der Waals surface area contributed by atoms with Crippen LogP contribution in [0.2, 0.25) is 0 Å². The number of aromatic hydroxyl groups is 1. The van der Waals surface area contributed by atoms with Gasteiger partial charge in [0.05, 0.1) is 27.2 Å².